The number of thiophene rings is 1. The van der Waals surface area contributed by atoms with Crippen LogP contribution in [0.2, 0.25) is 0 Å². The highest BCUT2D eigenvalue weighted by atomic mass is 32.1. The highest BCUT2D eigenvalue weighted by Crippen LogP contribution is 2.35. The lowest BCUT2D eigenvalue weighted by Gasteiger charge is -2.27. The van der Waals surface area contributed by atoms with Crippen LogP contribution < -0.4 is 5.32 Å². The standard InChI is InChI=1S/C24H20N6O2S/c31-24(30-7-9-32-10-8-30)16-2-1-3-17(12-16)26-23-19-6-11-33-22(19)18-5-4-15(13-20(18)27-23)21-14-25-29-28-21/h1-6,11-13H,7-10,14H2,(H,26,27). The second-order valence-electron chi connectivity index (χ2n) is 7.90. The van der Waals surface area contributed by atoms with Crippen LogP contribution in [0.5, 0.6) is 0 Å². The van der Waals surface area contributed by atoms with Gasteiger partial charge in [-0.1, -0.05) is 18.2 Å². The number of carbonyl (C=O) groups is 1. The molecule has 1 amide bonds. The third-order valence-corrected chi connectivity index (χ3v) is 6.80. The van der Waals surface area contributed by atoms with Gasteiger partial charge in [-0.25, -0.2) is 4.98 Å². The first-order valence-corrected chi connectivity index (χ1v) is 11.6. The van der Waals surface area contributed by atoms with Gasteiger partial charge in [0.2, 0.25) is 0 Å². The van der Waals surface area contributed by atoms with E-state index in [1.165, 1.54) is 0 Å². The Bertz CT molecular complexity index is 1440. The van der Waals surface area contributed by atoms with Crippen molar-refractivity contribution in [2.24, 2.45) is 15.4 Å². The highest BCUT2D eigenvalue weighted by molar-refractivity contribution is 7.18. The Hall–Kier alpha value is -3.69. The molecule has 0 radical (unpaired) electrons. The number of ether oxygens (including phenoxy) is 1. The van der Waals surface area contributed by atoms with Crippen molar-refractivity contribution in [3.8, 4) is 0 Å². The summed E-state index contributed by atoms with van der Waals surface area (Å²) in [5.74, 6) is 0.779. The van der Waals surface area contributed by atoms with Gasteiger partial charge in [0.15, 0.2) is 0 Å². The molecular weight excluding hydrogens is 436 g/mol. The molecule has 33 heavy (non-hydrogen) atoms. The predicted octanol–water partition coefficient (Wildman–Crippen LogP) is 4.84. The van der Waals surface area contributed by atoms with Gasteiger partial charge in [-0.2, -0.15) is 5.11 Å². The number of amides is 1. The van der Waals surface area contributed by atoms with Gasteiger partial charge in [0, 0.05) is 45.4 Å². The first kappa shape index (κ1) is 20.0. The summed E-state index contributed by atoms with van der Waals surface area (Å²) in [6.45, 7) is 2.88. The first-order valence-electron chi connectivity index (χ1n) is 10.7. The molecule has 2 aliphatic heterocycles. The number of nitrogens with one attached hydrogen (secondary N) is 1. The molecule has 8 nitrogen and oxygen atoms in total. The van der Waals surface area contributed by atoms with Crippen molar-refractivity contribution in [2.45, 2.75) is 0 Å². The van der Waals surface area contributed by atoms with Crippen LogP contribution in [0.1, 0.15) is 15.9 Å². The van der Waals surface area contributed by atoms with E-state index in [9.17, 15) is 4.79 Å². The number of carbonyl (C=O) groups excluding carboxylic acids is 1. The van der Waals surface area contributed by atoms with Crippen molar-refractivity contribution in [3.05, 3.63) is 65.0 Å². The zero-order chi connectivity index (χ0) is 22.2. The number of morpholine rings is 1. The van der Waals surface area contributed by atoms with E-state index in [2.05, 4.69) is 38.3 Å². The maximum Gasteiger partial charge on any atom is 0.254 e. The molecule has 0 bridgehead atoms. The number of hydrogen-bond donors (Lipinski definition) is 1. The van der Waals surface area contributed by atoms with Crippen molar-refractivity contribution in [1.82, 2.24) is 9.88 Å². The number of hydrogen-bond acceptors (Lipinski definition) is 8. The summed E-state index contributed by atoms with van der Waals surface area (Å²) < 4.78 is 6.53. The van der Waals surface area contributed by atoms with Crippen LogP contribution in [-0.2, 0) is 4.74 Å². The van der Waals surface area contributed by atoms with Crippen molar-refractivity contribution in [3.63, 3.8) is 0 Å². The lowest BCUT2D eigenvalue weighted by molar-refractivity contribution is 0.0303. The van der Waals surface area contributed by atoms with Crippen LogP contribution in [0.25, 0.3) is 21.0 Å². The van der Waals surface area contributed by atoms with Crippen LogP contribution in [-0.4, -0.2) is 54.4 Å². The summed E-state index contributed by atoms with van der Waals surface area (Å²) in [6, 6.07) is 15.8. The number of aromatic nitrogens is 1. The second-order valence-corrected chi connectivity index (χ2v) is 8.82. The van der Waals surface area contributed by atoms with E-state index in [0.717, 1.165) is 43.8 Å². The first-order chi connectivity index (χ1) is 16.3. The topological polar surface area (TPSA) is 91.5 Å². The Morgan fingerprint density at radius 3 is 2.82 bits per heavy atom. The molecule has 2 aromatic carbocycles. The van der Waals surface area contributed by atoms with E-state index >= 15 is 0 Å². The number of pyridine rings is 1. The lowest BCUT2D eigenvalue weighted by Crippen LogP contribution is -2.40. The number of rotatable bonds is 4. The molecule has 1 N–H and O–H groups in total. The molecule has 4 heterocycles. The number of fused-ring (bicyclic) bond motifs is 3. The fourth-order valence-electron chi connectivity index (χ4n) is 4.16. The van der Waals surface area contributed by atoms with E-state index in [-0.39, 0.29) is 5.91 Å². The zero-order valence-corrected chi connectivity index (χ0v) is 18.5. The average molecular weight is 457 g/mol. The molecule has 2 aromatic heterocycles. The Morgan fingerprint density at radius 2 is 1.97 bits per heavy atom. The molecule has 0 unspecified atom stereocenters. The van der Waals surface area contributed by atoms with E-state index in [0.29, 0.717) is 38.4 Å². The van der Waals surface area contributed by atoms with Crippen LogP contribution in [0.15, 0.2) is 69.3 Å². The average Bonchev–Trinajstić information content (AvgIpc) is 3.57. The molecule has 0 saturated carbocycles. The van der Waals surface area contributed by atoms with E-state index in [1.54, 1.807) is 11.3 Å². The molecule has 0 spiro atoms. The molecule has 9 heteroatoms. The molecule has 0 aliphatic carbocycles. The fourth-order valence-corrected chi connectivity index (χ4v) is 5.09. The Kier molecular flexibility index (Phi) is 5.04. The van der Waals surface area contributed by atoms with Crippen molar-refractivity contribution < 1.29 is 9.53 Å². The summed E-state index contributed by atoms with van der Waals surface area (Å²) in [7, 11) is 0. The summed E-state index contributed by atoms with van der Waals surface area (Å²) in [5, 5.41) is 19.5. The quantitative estimate of drug-likeness (QED) is 0.476. The van der Waals surface area contributed by atoms with E-state index < -0.39 is 0 Å². The SMILES string of the molecule is O=C(c1cccc(Nc2nc3cc(C4=NN=NC4)ccc3c3sccc23)c1)N1CCOCC1. The van der Waals surface area contributed by atoms with Gasteiger partial charge in [0.1, 0.15) is 12.4 Å². The van der Waals surface area contributed by atoms with Gasteiger partial charge in [-0.05, 0) is 40.9 Å². The third-order valence-electron chi connectivity index (χ3n) is 5.85. The number of anilines is 2. The normalized spacial score (nSPS) is 15.9. The van der Waals surface area contributed by atoms with Gasteiger partial charge in [-0.15, -0.1) is 16.4 Å². The van der Waals surface area contributed by atoms with Crippen LogP contribution in [0, 0.1) is 0 Å². The highest BCUT2D eigenvalue weighted by Gasteiger charge is 2.19. The minimum absolute atomic E-state index is 0.0203. The molecule has 2 aliphatic rings. The maximum atomic E-state index is 12.9. The minimum atomic E-state index is 0.0203. The fraction of sp³-hybridized carbons (Fsp3) is 0.208. The maximum absolute atomic E-state index is 12.9. The minimum Gasteiger partial charge on any atom is -0.378 e. The van der Waals surface area contributed by atoms with E-state index in [4.69, 9.17) is 9.72 Å². The number of benzene rings is 2. The Balaban J connectivity index is 1.36. The summed E-state index contributed by atoms with van der Waals surface area (Å²) in [5.41, 5.74) is 4.16. The molecule has 0 atom stereocenters. The van der Waals surface area contributed by atoms with Gasteiger partial charge >= 0.3 is 0 Å². The Morgan fingerprint density at radius 1 is 1.06 bits per heavy atom. The van der Waals surface area contributed by atoms with Gasteiger partial charge in [-0.3, -0.25) is 4.79 Å². The van der Waals surface area contributed by atoms with Gasteiger partial charge < -0.3 is 15.0 Å². The van der Waals surface area contributed by atoms with Crippen molar-refractivity contribution in [2.75, 3.05) is 38.2 Å². The largest absolute Gasteiger partial charge is 0.378 e. The Labute approximate surface area is 193 Å². The van der Waals surface area contributed by atoms with E-state index in [1.807, 2.05) is 41.3 Å². The third kappa shape index (κ3) is 3.75. The van der Waals surface area contributed by atoms with Crippen LogP contribution in [0.3, 0.4) is 0 Å². The lowest BCUT2D eigenvalue weighted by atomic mass is 10.1. The van der Waals surface area contributed by atoms with Gasteiger partial charge in [0.25, 0.3) is 5.91 Å². The predicted molar refractivity (Wildman–Crippen MR) is 130 cm³/mol. The summed E-state index contributed by atoms with van der Waals surface area (Å²) in [4.78, 5) is 19.7. The van der Waals surface area contributed by atoms with Gasteiger partial charge in [0.05, 0.1) is 24.4 Å². The second kappa shape index (κ2) is 8.34. The molecule has 164 valence electrons. The van der Waals surface area contributed by atoms with Crippen LogP contribution in [0.4, 0.5) is 11.5 Å². The molecular formula is C24H20N6O2S. The summed E-state index contributed by atoms with van der Waals surface area (Å²) in [6.07, 6.45) is 0. The van der Waals surface area contributed by atoms with Crippen molar-refractivity contribution >= 4 is 55.4 Å². The molecule has 6 rings (SSSR count). The smallest absolute Gasteiger partial charge is 0.254 e. The molecule has 4 aromatic rings. The molecule has 1 saturated heterocycles. The zero-order valence-electron chi connectivity index (χ0n) is 17.7. The summed E-state index contributed by atoms with van der Waals surface area (Å²) >= 11 is 1.69. The molecule has 1 fully saturated rings. The monoisotopic (exact) mass is 456 g/mol. The number of nitrogens with zero attached hydrogens (tertiary/aromatic N) is 5. The van der Waals surface area contributed by atoms with Crippen molar-refractivity contribution in [1.29, 1.82) is 0 Å². The van der Waals surface area contributed by atoms with Crippen LogP contribution >= 0.6 is 11.3 Å².